The van der Waals surface area contributed by atoms with Crippen LogP contribution < -0.4 is 0 Å². The van der Waals surface area contributed by atoms with Crippen LogP contribution in [0.15, 0.2) is 0 Å². The van der Waals surface area contributed by atoms with Gasteiger partial charge in [-0.2, -0.15) is 0 Å². The highest BCUT2D eigenvalue weighted by Gasteiger charge is 2.88. The molecular formula is C19H26BrNO10. The summed E-state index contributed by atoms with van der Waals surface area (Å²) in [5.74, 6) is -2.62. The van der Waals surface area contributed by atoms with Crippen molar-refractivity contribution in [3.8, 4) is 0 Å². The Hall–Kier alpha value is -1.76. The Morgan fingerprint density at radius 2 is 1.35 bits per heavy atom. The molecule has 9 atom stereocenters. The number of rotatable bonds is 7. The molecule has 0 N–H and O–H groups in total. The molecule has 0 radical (unpaired) electrons. The van der Waals surface area contributed by atoms with E-state index in [1.54, 1.807) is 0 Å². The third-order valence-corrected chi connectivity index (χ3v) is 6.20. The zero-order valence-corrected chi connectivity index (χ0v) is 19.7. The molecule has 3 rings (SSSR count). The smallest absolute Gasteiger partial charge is 0.303 e. The van der Waals surface area contributed by atoms with Crippen molar-refractivity contribution >= 4 is 39.8 Å². The zero-order valence-electron chi connectivity index (χ0n) is 18.1. The molecule has 174 valence electrons. The van der Waals surface area contributed by atoms with Gasteiger partial charge in [-0.1, -0.05) is 15.9 Å². The lowest BCUT2D eigenvalue weighted by molar-refractivity contribution is -0.326. The summed E-state index contributed by atoms with van der Waals surface area (Å²) < 4.78 is 33.0. The highest BCUT2D eigenvalue weighted by atomic mass is 79.9. The van der Waals surface area contributed by atoms with Crippen LogP contribution in [-0.2, 0) is 47.6 Å². The zero-order chi connectivity index (χ0) is 23.3. The molecule has 3 fully saturated rings. The maximum Gasteiger partial charge on any atom is 0.303 e. The summed E-state index contributed by atoms with van der Waals surface area (Å²) in [6, 6.07) is 0.0758. The summed E-state index contributed by atoms with van der Waals surface area (Å²) in [6.07, 6.45) is -5.87. The predicted octanol–water partition coefficient (Wildman–Crippen LogP) is 0.611. The van der Waals surface area contributed by atoms with E-state index in [-0.39, 0.29) is 17.1 Å². The van der Waals surface area contributed by atoms with Crippen LogP contribution in [-0.4, -0.2) is 82.3 Å². The largest absolute Gasteiger partial charge is 0.463 e. The number of hydrogen-bond donors (Lipinski definition) is 0. The first-order valence-electron chi connectivity index (χ1n) is 9.75. The minimum Gasteiger partial charge on any atom is -0.463 e. The third-order valence-electron chi connectivity index (χ3n) is 5.38. The molecule has 0 aromatic heterocycles. The van der Waals surface area contributed by atoms with Crippen LogP contribution in [0.25, 0.3) is 0 Å². The lowest BCUT2D eigenvalue weighted by Gasteiger charge is -2.45. The van der Waals surface area contributed by atoms with Crippen molar-refractivity contribution in [2.75, 3.05) is 6.61 Å². The molecule has 3 saturated heterocycles. The monoisotopic (exact) mass is 507 g/mol. The number of carbonyl (C=O) groups is 4. The van der Waals surface area contributed by atoms with Gasteiger partial charge in [0.05, 0.1) is 10.5 Å². The highest BCUT2D eigenvalue weighted by molar-refractivity contribution is 9.10. The number of ether oxygens (including phenoxy) is 6. The average Bonchev–Trinajstić information content (AvgIpc) is 3.45. The van der Waals surface area contributed by atoms with Gasteiger partial charge in [0.1, 0.15) is 18.4 Å². The Morgan fingerprint density at radius 1 is 0.871 bits per heavy atom. The van der Waals surface area contributed by atoms with Crippen molar-refractivity contribution in [2.45, 2.75) is 88.5 Å². The Labute approximate surface area is 187 Å². The Kier molecular flexibility index (Phi) is 6.40. The van der Waals surface area contributed by atoms with Gasteiger partial charge >= 0.3 is 23.9 Å². The van der Waals surface area contributed by atoms with Crippen LogP contribution >= 0.6 is 15.9 Å². The molecule has 31 heavy (non-hydrogen) atoms. The second-order valence-corrected chi connectivity index (χ2v) is 9.64. The van der Waals surface area contributed by atoms with Gasteiger partial charge in [0.25, 0.3) is 0 Å². The summed E-state index contributed by atoms with van der Waals surface area (Å²) >= 11 is 3.57. The number of halogens is 1. The second kappa shape index (κ2) is 8.30. The van der Waals surface area contributed by atoms with E-state index < -0.39 is 60.3 Å². The number of alkyl halides is 1. The summed E-state index contributed by atoms with van der Waals surface area (Å²) in [6.45, 7) is 8.26. The average molecular weight is 508 g/mol. The Balaban J connectivity index is 1.89. The van der Waals surface area contributed by atoms with E-state index in [0.717, 1.165) is 0 Å². The minimum absolute atomic E-state index is 0.0758. The fourth-order valence-corrected chi connectivity index (χ4v) is 5.32. The van der Waals surface area contributed by atoms with Gasteiger partial charge in [-0.3, -0.25) is 19.2 Å². The SMILES string of the molecule is CC(=O)OCC1OC(OC2(C)C3N2C3(C)Br)C(OC(C)=O)C(OC(C)=O)C1OC(C)=O. The van der Waals surface area contributed by atoms with Gasteiger partial charge in [0.2, 0.25) is 6.29 Å². The van der Waals surface area contributed by atoms with Crippen LogP contribution in [0.1, 0.15) is 41.5 Å². The van der Waals surface area contributed by atoms with Crippen LogP contribution in [0.4, 0.5) is 0 Å². The molecule has 0 aromatic carbocycles. The van der Waals surface area contributed by atoms with E-state index in [1.165, 1.54) is 27.7 Å². The molecule has 0 bridgehead atoms. The summed E-state index contributed by atoms with van der Waals surface area (Å²) in [5, 5.41) is 0. The van der Waals surface area contributed by atoms with Crippen molar-refractivity contribution in [1.82, 2.24) is 4.90 Å². The number of hydrogen-bond acceptors (Lipinski definition) is 11. The number of esters is 4. The summed E-state index contributed by atoms with van der Waals surface area (Å²) in [4.78, 5) is 48.7. The molecule has 11 nitrogen and oxygen atoms in total. The Bertz CT molecular complexity index is 774. The lowest BCUT2D eigenvalue weighted by atomic mass is 9.98. The van der Waals surface area contributed by atoms with E-state index in [2.05, 4.69) is 15.9 Å². The molecule has 0 spiro atoms. The number of carbonyl (C=O) groups excluding carboxylic acids is 4. The van der Waals surface area contributed by atoms with Gasteiger partial charge in [-0.05, 0) is 13.8 Å². The molecule has 0 amide bonds. The van der Waals surface area contributed by atoms with E-state index in [0.29, 0.717) is 0 Å². The first-order chi connectivity index (χ1) is 14.3. The van der Waals surface area contributed by atoms with E-state index in [1.807, 2.05) is 18.7 Å². The molecule has 3 aliphatic rings. The highest BCUT2D eigenvalue weighted by Crippen LogP contribution is 2.71. The quantitative estimate of drug-likeness (QED) is 0.158. The molecule has 12 heteroatoms. The molecule has 3 heterocycles. The molecule has 0 aromatic rings. The van der Waals surface area contributed by atoms with Crippen molar-refractivity contribution < 1.29 is 47.6 Å². The maximum absolute atomic E-state index is 11.8. The predicted molar refractivity (Wildman–Crippen MR) is 104 cm³/mol. The molecular weight excluding hydrogens is 482 g/mol. The van der Waals surface area contributed by atoms with Crippen LogP contribution in [0.5, 0.6) is 0 Å². The number of fused-ring (bicyclic) bond motifs is 1. The van der Waals surface area contributed by atoms with Crippen molar-refractivity contribution in [3.05, 3.63) is 0 Å². The van der Waals surface area contributed by atoms with Crippen molar-refractivity contribution in [3.63, 3.8) is 0 Å². The molecule has 0 aliphatic carbocycles. The maximum atomic E-state index is 11.8. The van der Waals surface area contributed by atoms with Gasteiger partial charge in [-0.25, -0.2) is 4.90 Å². The van der Waals surface area contributed by atoms with E-state index >= 15 is 0 Å². The standard InChI is InChI=1S/C19H26BrNO10/c1-8(22)26-7-12-13(27-9(2)23)14(28-10(3)24)15(29-11(4)25)16(30-12)31-19(6)17-18(5,20)21(17)19/h12-17H,7H2,1-6H3. The van der Waals surface area contributed by atoms with Crippen molar-refractivity contribution in [2.24, 2.45) is 0 Å². The van der Waals surface area contributed by atoms with Crippen LogP contribution in [0, 0.1) is 0 Å². The fourth-order valence-electron chi connectivity index (χ4n) is 4.23. The van der Waals surface area contributed by atoms with Gasteiger partial charge in [0, 0.05) is 27.7 Å². The van der Waals surface area contributed by atoms with Gasteiger partial charge < -0.3 is 28.4 Å². The topological polar surface area (TPSA) is 127 Å². The summed E-state index contributed by atoms with van der Waals surface area (Å²) in [7, 11) is 0. The molecule has 9 unspecified atom stereocenters. The minimum atomic E-state index is -1.24. The fraction of sp³-hybridized carbons (Fsp3) is 0.789. The van der Waals surface area contributed by atoms with Crippen LogP contribution in [0.2, 0.25) is 0 Å². The third kappa shape index (κ3) is 4.71. The molecule has 3 aliphatic heterocycles. The van der Waals surface area contributed by atoms with Crippen LogP contribution in [0.3, 0.4) is 0 Å². The first-order valence-corrected chi connectivity index (χ1v) is 10.5. The first kappa shape index (κ1) is 23.9. The lowest BCUT2D eigenvalue weighted by Crippen LogP contribution is -2.64. The normalized spacial score (nSPS) is 42.6. The van der Waals surface area contributed by atoms with Crippen molar-refractivity contribution in [1.29, 1.82) is 0 Å². The summed E-state index contributed by atoms with van der Waals surface area (Å²) in [5.41, 5.74) is -0.692. The van der Waals surface area contributed by atoms with Gasteiger partial charge in [0.15, 0.2) is 18.3 Å². The Morgan fingerprint density at radius 3 is 1.81 bits per heavy atom. The molecule has 0 saturated carbocycles. The number of nitrogens with zero attached hydrogens (tertiary/aromatic N) is 1. The van der Waals surface area contributed by atoms with Gasteiger partial charge in [-0.15, -0.1) is 0 Å². The van der Waals surface area contributed by atoms with E-state index in [9.17, 15) is 19.2 Å². The van der Waals surface area contributed by atoms with E-state index in [4.69, 9.17) is 28.4 Å². The second-order valence-electron chi connectivity index (χ2n) is 8.04.